The lowest BCUT2D eigenvalue weighted by Crippen LogP contribution is -2.30. The summed E-state index contributed by atoms with van der Waals surface area (Å²) in [4.78, 5) is 37.8. The van der Waals surface area contributed by atoms with Gasteiger partial charge in [-0.25, -0.2) is 0 Å². The average Bonchev–Trinajstić information content (AvgIpc) is 3.19. The lowest BCUT2D eigenvalue weighted by molar-refractivity contribution is -0.167. The maximum absolute atomic E-state index is 12.7. The summed E-state index contributed by atoms with van der Waals surface area (Å²) in [6.45, 7) is 6.60. The van der Waals surface area contributed by atoms with Crippen molar-refractivity contribution in [2.45, 2.75) is 264 Å². The second kappa shape index (κ2) is 45.6. The van der Waals surface area contributed by atoms with Gasteiger partial charge in [0.25, 0.3) is 0 Å². The first-order valence-electron chi connectivity index (χ1n) is 24.3. The third-order valence-corrected chi connectivity index (χ3v) is 10.7. The fourth-order valence-electron chi connectivity index (χ4n) is 6.96. The molecule has 0 N–H and O–H groups in total. The van der Waals surface area contributed by atoms with Crippen molar-refractivity contribution in [2.75, 3.05) is 13.2 Å². The van der Waals surface area contributed by atoms with E-state index in [1.807, 2.05) is 0 Å². The van der Waals surface area contributed by atoms with Crippen molar-refractivity contribution >= 4 is 17.9 Å². The minimum absolute atomic E-state index is 0.0742. The first kappa shape index (κ1) is 53.9. The van der Waals surface area contributed by atoms with E-state index in [4.69, 9.17) is 14.2 Å². The average molecular weight is 789 g/mol. The predicted octanol–water partition coefficient (Wildman–Crippen LogP) is 15.6. The number of esters is 3. The van der Waals surface area contributed by atoms with Crippen molar-refractivity contribution in [2.24, 2.45) is 0 Å². The summed E-state index contributed by atoms with van der Waals surface area (Å²) >= 11 is 0. The smallest absolute Gasteiger partial charge is 0.306 e. The quantitative estimate of drug-likeness (QED) is 0.0265. The largest absolute Gasteiger partial charge is 0.462 e. The molecular formula is C50H92O6. The van der Waals surface area contributed by atoms with E-state index < -0.39 is 6.10 Å². The van der Waals surface area contributed by atoms with Crippen molar-refractivity contribution in [1.29, 1.82) is 0 Å². The molecular weight excluding hydrogens is 697 g/mol. The van der Waals surface area contributed by atoms with Gasteiger partial charge < -0.3 is 14.2 Å². The first-order valence-corrected chi connectivity index (χ1v) is 24.3. The van der Waals surface area contributed by atoms with Crippen LogP contribution in [0.25, 0.3) is 0 Å². The van der Waals surface area contributed by atoms with Crippen molar-refractivity contribution in [3.63, 3.8) is 0 Å². The molecule has 328 valence electrons. The van der Waals surface area contributed by atoms with Gasteiger partial charge in [0.1, 0.15) is 13.2 Å². The van der Waals surface area contributed by atoms with Crippen LogP contribution in [0.3, 0.4) is 0 Å². The van der Waals surface area contributed by atoms with E-state index >= 15 is 0 Å². The van der Waals surface area contributed by atoms with Gasteiger partial charge in [-0.15, -0.1) is 0 Å². The lowest BCUT2D eigenvalue weighted by atomic mass is 10.1. The Balaban J connectivity index is 4.36. The minimum Gasteiger partial charge on any atom is -0.462 e. The predicted molar refractivity (Wildman–Crippen MR) is 238 cm³/mol. The van der Waals surface area contributed by atoms with E-state index in [0.29, 0.717) is 19.3 Å². The van der Waals surface area contributed by atoms with Gasteiger partial charge in [0.15, 0.2) is 6.10 Å². The minimum atomic E-state index is -0.772. The van der Waals surface area contributed by atoms with E-state index in [2.05, 4.69) is 45.1 Å². The molecule has 0 radical (unpaired) electrons. The summed E-state index contributed by atoms with van der Waals surface area (Å²) in [6, 6.07) is 0. The standard InChI is InChI=1S/C50H92O6/c1-4-7-10-13-16-19-22-24-25-26-29-31-34-37-40-43-49(52)55-46-47(45-54-48(51)42-39-36-33-30-27-21-18-15-12-9-6-3)56-50(53)44-41-38-35-32-28-23-20-17-14-11-8-5-2/h17,20,24-25,47H,4-16,18-19,21-23,26-46H2,1-3H3/b20-17-,25-24-. The Morgan fingerprint density at radius 3 is 0.929 bits per heavy atom. The van der Waals surface area contributed by atoms with Crippen molar-refractivity contribution in [3.05, 3.63) is 24.3 Å². The number of unbranched alkanes of at least 4 members (excludes halogenated alkanes) is 29. The Morgan fingerprint density at radius 2 is 0.589 bits per heavy atom. The number of allylic oxidation sites excluding steroid dienone is 4. The van der Waals surface area contributed by atoms with Gasteiger partial charge in [-0.3, -0.25) is 14.4 Å². The second-order valence-corrected chi connectivity index (χ2v) is 16.4. The maximum atomic E-state index is 12.7. The summed E-state index contributed by atoms with van der Waals surface area (Å²) < 4.78 is 16.7. The SMILES string of the molecule is CCCCC/C=C\CCCCCCCC(=O)OC(COC(=O)CCCCCCC/C=C\CCCCCCCC)COC(=O)CCCCCCCCCCCCC. The molecule has 0 aliphatic carbocycles. The molecule has 0 rings (SSSR count). The van der Waals surface area contributed by atoms with Crippen LogP contribution in [0.2, 0.25) is 0 Å². The van der Waals surface area contributed by atoms with Crippen LogP contribution in [-0.2, 0) is 28.6 Å². The zero-order chi connectivity index (χ0) is 40.8. The Labute approximate surface area is 347 Å². The fourth-order valence-corrected chi connectivity index (χ4v) is 6.96. The number of hydrogen-bond donors (Lipinski definition) is 0. The topological polar surface area (TPSA) is 78.9 Å². The molecule has 1 unspecified atom stereocenters. The van der Waals surface area contributed by atoms with Gasteiger partial charge >= 0.3 is 17.9 Å². The normalized spacial score (nSPS) is 12.1. The molecule has 0 aromatic heterocycles. The van der Waals surface area contributed by atoms with Crippen molar-refractivity contribution in [1.82, 2.24) is 0 Å². The highest BCUT2D eigenvalue weighted by Crippen LogP contribution is 2.15. The molecule has 0 aromatic carbocycles. The molecule has 0 aliphatic heterocycles. The molecule has 6 nitrogen and oxygen atoms in total. The van der Waals surface area contributed by atoms with E-state index in [0.717, 1.165) is 70.6 Å². The summed E-state index contributed by atoms with van der Waals surface area (Å²) in [5.41, 5.74) is 0. The highest BCUT2D eigenvalue weighted by atomic mass is 16.6. The summed E-state index contributed by atoms with van der Waals surface area (Å²) in [5.74, 6) is -0.885. The van der Waals surface area contributed by atoms with Gasteiger partial charge in [-0.2, -0.15) is 0 Å². The van der Waals surface area contributed by atoms with Crippen LogP contribution >= 0.6 is 0 Å². The fraction of sp³-hybridized carbons (Fsp3) is 0.860. The maximum Gasteiger partial charge on any atom is 0.306 e. The van der Waals surface area contributed by atoms with Gasteiger partial charge in [0.05, 0.1) is 0 Å². The molecule has 1 atom stereocenters. The van der Waals surface area contributed by atoms with Gasteiger partial charge in [0, 0.05) is 19.3 Å². The molecule has 0 fully saturated rings. The Bertz CT molecular complexity index is 911. The van der Waals surface area contributed by atoms with Crippen molar-refractivity contribution < 1.29 is 28.6 Å². The first-order chi connectivity index (χ1) is 27.5. The van der Waals surface area contributed by atoms with Crippen LogP contribution in [-0.4, -0.2) is 37.2 Å². The van der Waals surface area contributed by atoms with Crippen molar-refractivity contribution in [3.8, 4) is 0 Å². The van der Waals surface area contributed by atoms with E-state index in [1.165, 1.54) is 148 Å². The van der Waals surface area contributed by atoms with Crippen LogP contribution in [0.1, 0.15) is 258 Å². The Hall–Kier alpha value is -2.11. The second-order valence-electron chi connectivity index (χ2n) is 16.4. The molecule has 0 aromatic rings. The molecule has 0 bridgehead atoms. The highest BCUT2D eigenvalue weighted by molar-refractivity contribution is 5.71. The molecule has 0 amide bonds. The third-order valence-electron chi connectivity index (χ3n) is 10.7. The Kier molecular flexibility index (Phi) is 43.9. The van der Waals surface area contributed by atoms with Gasteiger partial charge in [0.2, 0.25) is 0 Å². The van der Waals surface area contributed by atoms with Crippen LogP contribution in [0.5, 0.6) is 0 Å². The monoisotopic (exact) mass is 789 g/mol. The molecule has 0 heterocycles. The van der Waals surface area contributed by atoms with Crippen LogP contribution in [0, 0.1) is 0 Å². The number of carbonyl (C=O) groups excluding carboxylic acids is 3. The molecule has 56 heavy (non-hydrogen) atoms. The number of hydrogen-bond acceptors (Lipinski definition) is 6. The number of ether oxygens (including phenoxy) is 3. The van der Waals surface area contributed by atoms with Gasteiger partial charge in [-0.1, -0.05) is 193 Å². The molecule has 0 saturated carbocycles. The Morgan fingerprint density at radius 1 is 0.339 bits per heavy atom. The molecule has 0 aliphatic rings. The summed E-state index contributed by atoms with van der Waals surface area (Å²) in [7, 11) is 0. The van der Waals surface area contributed by atoms with Crippen LogP contribution in [0.15, 0.2) is 24.3 Å². The van der Waals surface area contributed by atoms with E-state index in [-0.39, 0.29) is 31.1 Å². The van der Waals surface area contributed by atoms with Crippen LogP contribution < -0.4 is 0 Å². The summed E-state index contributed by atoms with van der Waals surface area (Å²) in [5, 5.41) is 0. The third kappa shape index (κ3) is 43.0. The molecule has 6 heteroatoms. The lowest BCUT2D eigenvalue weighted by Gasteiger charge is -2.18. The molecule has 0 saturated heterocycles. The van der Waals surface area contributed by atoms with Crippen LogP contribution in [0.4, 0.5) is 0 Å². The van der Waals surface area contributed by atoms with E-state index in [9.17, 15) is 14.4 Å². The number of carbonyl (C=O) groups is 3. The van der Waals surface area contributed by atoms with Gasteiger partial charge in [-0.05, 0) is 70.6 Å². The summed E-state index contributed by atoms with van der Waals surface area (Å²) in [6.07, 6.45) is 50.1. The molecule has 0 spiro atoms. The van der Waals surface area contributed by atoms with E-state index in [1.54, 1.807) is 0 Å². The highest BCUT2D eigenvalue weighted by Gasteiger charge is 2.19. The number of rotatable bonds is 44. The zero-order valence-electron chi connectivity index (χ0n) is 37.4. The zero-order valence-corrected chi connectivity index (χ0v) is 37.4.